The summed E-state index contributed by atoms with van der Waals surface area (Å²) in [5.74, 6) is 0.728. The molecule has 0 saturated heterocycles. The molecule has 2 aliphatic rings. The Morgan fingerprint density at radius 1 is 1.36 bits per heavy atom. The molecule has 1 aromatic rings. The van der Waals surface area contributed by atoms with E-state index in [0.717, 1.165) is 25.0 Å². The predicted molar refractivity (Wildman–Crippen MR) is 83.7 cm³/mol. The van der Waals surface area contributed by atoms with Crippen molar-refractivity contribution in [3.05, 3.63) is 28.3 Å². The van der Waals surface area contributed by atoms with Gasteiger partial charge in [-0.1, -0.05) is 12.5 Å². The fourth-order valence-electron chi connectivity index (χ4n) is 3.48. The van der Waals surface area contributed by atoms with Crippen LogP contribution in [0.2, 0.25) is 0 Å². The van der Waals surface area contributed by atoms with Crippen LogP contribution in [0, 0.1) is 21.4 Å². The van der Waals surface area contributed by atoms with Crippen LogP contribution in [0.4, 0.5) is 11.4 Å². The van der Waals surface area contributed by atoms with Crippen molar-refractivity contribution in [2.24, 2.45) is 11.3 Å². The normalized spacial score (nSPS) is 20.2. The van der Waals surface area contributed by atoms with E-state index < -0.39 is 14.8 Å². The highest BCUT2D eigenvalue weighted by Gasteiger charge is 2.48. The molecule has 0 spiro atoms. The summed E-state index contributed by atoms with van der Waals surface area (Å²) in [6.07, 6.45) is 7.01. The van der Waals surface area contributed by atoms with Gasteiger partial charge in [-0.15, -0.1) is 0 Å². The minimum absolute atomic E-state index is 0.225. The van der Waals surface area contributed by atoms with Crippen molar-refractivity contribution in [1.29, 1.82) is 0 Å². The third kappa shape index (κ3) is 2.69. The third-order valence-corrected chi connectivity index (χ3v) is 6.13. The minimum atomic E-state index is -3.63. The third-order valence-electron chi connectivity index (χ3n) is 5.00. The minimum Gasteiger partial charge on any atom is -0.379 e. The van der Waals surface area contributed by atoms with Crippen LogP contribution in [0.25, 0.3) is 0 Å². The summed E-state index contributed by atoms with van der Waals surface area (Å²) in [7, 11) is -3.63. The van der Waals surface area contributed by atoms with Gasteiger partial charge in [0.25, 0.3) is 0 Å². The van der Waals surface area contributed by atoms with Crippen LogP contribution in [-0.4, -0.2) is 26.1 Å². The highest BCUT2D eigenvalue weighted by atomic mass is 32.2. The Morgan fingerprint density at radius 2 is 2.05 bits per heavy atom. The zero-order valence-electron chi connectivity index (χ0n) is 12.5. The number of anilines is 1. The van der Waals surface area contributed by atoms with Crippen LogP contribution < -0.4 is 5.32 Å². The van der Waals surface area contributed by atoms with Gasteiger partial charge in [-0.25, -0.2) is 8.42 Å². The fraction of sp³-hybridized carbons (Fsp3) is 0.600. The lowest BCUT2D eigenvalue weighted by Gasteiger charge is -2.43. The molecular formula is C15H20N2O4S. The lowest BCUT2D eigenvalue weighted by molar-refractivity contribution is -0.386. The molecule has 120 valence electrons. The number of hydrogen-bond donors (Lipinski definition) is 1. The van der Waals surface area contributed by atoms with E-state index in [0.29, 0.717) is 12.2 Å². The van der Waals surface area contributed by atoms with E-state index >= 15 is 0 Å². The van der Waals surface area contributed by atoms with Gasteiger partial charge in [0.05, 0.1) is 4.92 Å². The van der Waals surface area contributed by atoms with Crippen LogP contribution >= 0.6 is 0 Å². The van der Waals surface area contributed by atoms with Crippen molar-refractivity contribution in [1.82, 2.24) is 0 Å². The van der Waals surface area contributed by atoms with Crippen LogP contribution in [0.1, 0.15) is 32.1 Å². The maximum Gasteiger partial charge on any atom is 0.310 e. The average Bonchev–Trinajstić information content (AvgIpc) is 3.20. The van der Waals surface area contributed by atoms with Gasteiger partial charge in [0.15, 0.2) is 9.84 Å². The van der Waals surface area contributed by atoms with Crippen LogP contribution in [0.5, 0.6) is 0 Å². The van der Waals surface area contributed by atoms with E-state index in [1.54, 1.807) is 12.1 Å². The van der Waals surface area contributed by atoms with Crippen molar-refractivity contribution in [3.8, 4) is 0 Å². The van der Waals surface area contributed by atoms with E-state index in [2.05, 4.69) is 5.32 Å². The number of para-hydroxylation sites is 1. The molecule has 1 aromatic carbocycles. The number of nitro groups is 1. The molecule has 0 atom stereocenters. The topological polar surface area (TPSA) is 89.3 Å². The first-order chi connectivity index (χ1) is 10.3. The lowest BCUT2D eigenvalue weighted by atomic mass is 9.65. The van der Waals surface area contributed by atoms with Gasteiger partial charge < -0.3 is 5.32 Å². The molecule has 2 saturated carbocycles. The van der Waals surface area contributed by atoms with Gasteiger partial charge in [-0.2, -0.15) is 0 Å². The standard InChI is InChI=1S/C15H20N2O4S/c1-22(20,21)13-5-2-4-12(14(13)17(18)19)16-10-15(8-3-9-15)11-6-7-11/h2,4-5,11,16H,3,6-10H2,1H3. The summed E-state index contributed by atoms with van der Waals surface area (Å²) >= 11 is 0. The second-order valence-corrected chi connectivity index (χ2v) is 8.51. The number of nitro benzene ring substituents is 1. The number of rotatable bonds is 6. The summed E-state index contributed by atoms with van der Waals surface area (Å²) in [6.45, 7) is 0.686. The fourth-order valence-corrected chi connectivity index (χ4v) is 4.34. The van der Waals surface area contributed by atoms with Crippen LogP contribution in [-0.2, 0) is 9.84 Å². The molecule has 7 heteroatoms. The molecule has 3 rings (SSSR count). The number of nitrogens with one attached hydrogen (secondary N) is 1. The second kappa shape index (κ2) is 5.22. The molecule has 0 aromatic heterocycles. The Labute approximate surface area is 130 Å². The molecule has 2 aliphatic carbocycles. The monoisotopic (exact) mass is 324 g/mol. The Kier molecular flexibility index (Phi) is 3.63. The van der Waals surface area contributed by atoms with Crippen molar-refractivity contribution in [2.45, 2.75) is 37.0 Å². The first-order valence-corrected chi connectivity index (χ1v) is 9.44. The largest absolute Gasteiger partial charge is 0.379 e. The summed E-state index contributed by atoms with van der Waals surface area (Å²) in [6, 6.07) is 4.43. The molecule has 0 heterocycles. The molecule has 6 nitrogen and oxygen atoms in total. The summed E-state index contributed by atoms with van der Waals surface area (Å²) < 4.78 is 23.5. The molecule has 1 N–H and O–H groups in total. The van der Waals surface area contributed by atoms with Crippen molar-refractivity contribution in [2.75, 3.05) is 18.1 Å². The quantitative estimate of drug-likeness (QED) is 0.642. The van der Waals surface area contributed by atoms with Gasteiger partial charge in [0.1, 0.15) is 10.6 Å². The van der Waals surface area contributed by atoms with E-state index in [4.69, 9.17) is 0 Å². The Balaban J connectivity index is 1.88. The van der Waals surface area contributed by atoms with Gasteiger partial charge in [0, 0.05) is 12.8 Å². The predicted octanol–water partition coefficient (Wildman–Crippen LogP) is 2.99. The highest BCUT2D eigenvalue weighted by molar-refractivity contribution is 7.90. The molecular weight excluding hydrogens is 304 g/mol. The Morgan fingerprint density at radius 3 is 2.50 bits per heavy atom. The van der Waals surface area contributed by atoms with Gasteiger partial charge in [-0.05, 0) is 49.1 Å². The summed E-state index contributed by atoms with van der Waals surface area (Å²) in [4.78, 5) is 10.5. The Bertz CT molecular complexity index is 706. The van der Waals surface area contributed by atoms with E-state index in [9.17, 15) is 18.5 Å². The second-order valence-electron chi connectivity index (χ2n) is 6.53. The number of benzene rings is 1. The number of hydrogen-bond acceptors (Lipinski definition) is 5. The lowest BCUT2D eigenvalue weighted by Crippen LogP contribution is -2.38. The summed E-state index contributed by atoms with van der Waals surface area (Å²) in [5, 5.41) is 14.5. The maximum absolute atomic E-state index is 11.8. The van der Waals surface area contributed by atoms with Crippen LogP contribution in [0.15, 0.2) is 23.1 Å². The molecule has 0 amide bonds. The van der Waals surface area contributed by atoms with Crippen molar-refractivity contribution >= 4 is 21.2 Å². The zero-order chi connectivity index (χ0) is 16.0. The molecule has 0 aliphatic heterocycles. The SMILES string of the molecule is CS(=O)(=O)c1cccc(NCC2(C3CC3)CCC2)c1[N+](=O)[O-]. The molecule has 0 bridgehead atoms. The highest BCUT2D eigenvalue weighted by Crippen LogP contribution is 2.57. The van der Waals surface area contributed by atoms with E-state index in [1.807, 2.05) is 0 Å². The maximum atomic E-state index is 11.8. The van der Waals surface area contributed by atoms with Crippen LogP contribution in [0.3, 0.4) is 0 Å². The molecule has 22 heavy (non-hydrogen) atoms. The number of sulfone groups is 1. The first kappa shape index (κ1) is 15.3. The molecule has 2 fully saturated rings. The molecule has 0 radical (unpaired) electrons. The smallest absolute Gasteiger partial charge is 0.310 e. The van der Waals surface area contributed by atoms with Crippen molar-refractivity contribution < 1.29 is 13.3 Å². The zero-order valence-corrected chi connectivity index (χ0v) is 13.4. The first-order valence-electron chi connectivity index (χ1n) is 7.55. The van der Waals surface area contributed by atoms with E-state index in [1.165, 1.54) is 25.3 Å². The number of nitrogens with zero attached hydrogens (tertiary/aromatic N) is 1. The average molecular weight is 324 g/mol. The molecule has 0 unspecified atom stereocenters. The van der Waals surface area contributed by atoms with Gasteiger partial charge in [-0.3, -0.25) is 10.1 Å². The van der Waals surface area contributed by atoms with Gasteiger partial charge in [0.2, 0.25) is 0 Å². The van der Waals surface area contributed by atoms with Crippen molar-refractivity contribution in [3.63, 3.8) is 0 Å². The summed E-state index contributed by atoms with van der Waals surface area (Å²) in [5.41, 5.74) is 0.227. The van der Waals surface area contributed by atoms with Gasteiger partial charge >= 0.3 is 5.69 Å². The van der Waals surface area contributed by atoms with E-state index in [-0.39, 0.29) is 16.0 Å². The Hall–Kier alpha value is -1.63.